The van der Waals surface area contributed by atoms with Crippen molar-refractivity contribution in [3.05, 3.63) is 71.6 Å². The third-order valence-corrected chi connectivity index (χ3v) is 4.89. The van der Waals surface area contributed by atoms with Crippen LogP contribution in [-0.4, -0.2) is 23.1 Å². The SMILES string of the molecule is COc1ccc(CCSc2nnc(CC(C)c3ccccc3)o2)cc1. The van der Waals surface area contributed by atoms with Gasteiger partial charge in [0.25, 0.3) is 5.22 Å². The second-order valence-corrected chi connectivity index (χ2v) is 6.97. The van der Waals surface area contributed by atoms with E-state index in [2.05, 4.69) is 53.5 Å². The molecule has 0 N–H and O–H groups in total. The van der Waals surface area contributed by atoms with Crippen LogP contribution >= 0.6 is 11.8 Å². The van der Waals surface area contributed by atoms with Crippen molar-refractivity contribution in [2.24, 2.45) is 0 Å². The van der Waals surface area contributed by atoms with Gasteiger partial charge in [-0.1, -0.05) is 61.2 Å². The topological polar surface area (TPSA) is 48.2 Å². The number of aromatic nitrogens is 2. The number of methoxy groups -OCH3 is 1. The third kappa shape index (κ3) is 5.10. The summed E-state index contributed by atoms with van der Waals surface area (Å²) in [7, 11) is 1.68. The van der Waals surface area contributed by atoms with E-state index in [9.17, 15) is 0 Å². The minimum Gasteiger partial charge on any atom is -0.497 e. The van der Waals surface area contributed by atoms with Gasteiger partial charge in [-0.2, -0.15) is 0 Å². The lowest BCUT2D eigenvalue weighted by Crippen LogP contribution is -1.98. The summed E-state index contributed by atoms with van der Waals surface area (Å²) in [6.07, 6.45) is 1.71. The van der Waals surface area contributed by atoms with E-state index < -0.39 is 0 Å². The normalized spacial score (nSPS) is 12.1. The number of benzene rings is 2. The zero-order valence-electron chi connectivity index (χ0n) is 14.5. The predicted octanol–water partition coefficient (Wildman–Crippen LogP) is 4.76. The highest BCUT2D eigenvalue weighted by molar-refractivity contribution is 7.99. The van der Waals surface area contributed by atoms with Crippen LogP contribution in [-0.2, 0) is 12.8 Å². The average Bonchev–Trinajstić information content (AvgIpc) is 3.10. The first-order chi connectivity index (χ1) is 12.2. The van der Waals surface area contributed by atoms with Crippen molar-refractivity contribution in [3.63, 3.8) is 0 Å². The molecule has 1 heterocycles. The van der Waals surface area contributed by atoms with Gasteiger partial charge in [0.05, 0.1) is 7.11 Å². The standard InChI is InChI=1S/C20H22N2O2S/c1-15(17-6-4-3-5-7-17)14-19-21-22-20(24-19)25-13-12-16-8-10-18(23-2)11-9-16/h3-11,15H,12-14H2,1-2H3. The van der Waals surface area contributed by atoms with Gasteiger partial charge in [0, 0.05) is 12.2 Å². The molecule has 3 rings (SSSR count). The van der Waals surface area contributed by atoms with Gasteiger partial charge >= 0.3 is 0 Å². The summed E-state index contributed by atoms with van der Waals surface area (Å²) in [5, 5.41) is 8.97. The minimum absolute atomic E-state index is 0.360. The molecule has 0 saturated heterocycles. The molecule has 4 nitrogen and oxygen atoms in total. The van der Waals surface area contributed by atoms with Crippen LogP contribution in [0.5, 0.6) is 5.75 Å². The van der Waals surface area contributed by atoms with Crippen molar-refractivity contribution in [2.75, 3.05) is 12.9 Å². The van der Waals surface area contributed by atoms with E-state index in [1.165, 1.54) is 11.1 Å². The Morgan fingerprint density at radius 2 is 1.80 bits per heavy atom. The van der Waals surface area contributed by atoms with Crippen molar-refractivity contribution >= 4 is 11.8 Å². The Bertz CT molecular complexity index is 772. The highest BCUT2D eigenvalue weighted by Crippen LogP contribution is 2.23. The van der Waals surface area contributed by atoms with Crippen molar-refractivity contribution in [1.29, 1.82) is 0 Å². The molecule has 1 unspecified atom stereocenters. The molecule has 1 aromatic heterocycles. The van der Waals surface area contributed by atoms with Gasteiger partial charge in [-0.25, -0.2) is 0 Å². The van der Waals surface area contributed by atoms with Gasteiger partial charge < -0.3 is 9.15 Å². The molecule has 2 aromatic carbocycles. The summed E-state index contributed by atoms with van der Waals surface area (Å²) < 4.78 is 10.9. The van der Waals surface area contributed by atoms with Gasteiger partial charge in [-0.3, -0.25) is 0 Å². The second kappa shape index (κ2) is 8.72. The third-order valence-electron chi connectivity index (χ3n) is 4.07. The monoisotopic (exact) mass is 354 g/mol. The highest BCUT2D eigenvalue weighted by atomic mass is 32.2. The lowest BCUT2D eigenvalue weighted by Gasteiger charge is -2.08. The lowest BCUT2D eigenvalue weighted by molar-refractivity contribution is 0.404. The largest absolute Gasteiger partial charge is 0.497 e. The molecule has 0 aliphatic heterocycles. The maximum absolute atomic E-state index is 5.77. The second-order valence-electron chi connectivity index (χ2n) is 5.92. The molecule has 0 amide bonds. The molecular formula is C20H22N2O2S. The maximum Gasteiger partial charge on any atom is 0.276 e. The van der Waals surface area contributed by atoms with Gasteiger partial charge in [0.2, 0.25) is 5.89 Å². The summed E-state index contributed by atoms with van der Waals surface area (Å²) in [4.78, 5) is 0. The van der Waals surface area contributed by atoms with Crippen LogP contribution in [0.2, 0.25) is 0 Å². The Labute approximate surface area is 152 Å². The number of rotatable bonds is 8. The number of thioether (sulfide) groups is 1. The molecule has 0 fully saturated rings. The average molecular weight is 354 g/mol. The van der Waals surface area contributed by atoms with Crippen molar-refractivity contribution < 1.29 is 9.15 Å². The van der Waals surface area contributed by atoms with E-state index in [0.29, 0.717) is 17.0 Å². The van der Waals surface area contributed by atoms with Gasteiger partial charge in [0.15, 0.2) is 0 Å². The Kier molecular flexibility index (Phi) is 6.12. The minimum atomic E-state index is 0.360. The van der Waals surface area contributed by atoms with Crippen LogP contribution in [0.15, 0.2) is 64.2 Å². The zero-order chi connectivity index (χ0) is 17.5. The summed E-state index contributed by atoms with van der Waals surface area (Å²) in [5.41, 5.74) is 2.56. The quantitative estimate of drug-likeness (QED) is 0.546. The fourth-order valence-corrected chi connectivity index (χ4v) is 3.35. The van der Waals surface area contributed by atoms with Crippen molar-refractivity contribution in [1.82, 2.24) is 10.2 Å². The molecule has 130 valence electrons. The fourth-order valence-electron chi connectivity index (χ4n) is 2.59. The molecule has 25 heavy (non-hydrogen) atoms. The molecule has 0 radical (unpaired) electrons. The van der Waals surface area contributed by atoms with E-state index in [0.717, 1.165) is 24.3 Å². The first-order valence-electron chi connectivity index (χ1n) is 8.37. The molecule has 0 aliphatic rings. The highest BCUT2D eigenvalue weighted by Gasteiger charge is 2.12. The molecule has 3 aromatic rings. The van der Waals surface area contributed by atoms with Crippen molar-refractivity contribution in [2.45, 2.75) is 30.9 Å². The Balaban J connectivity index is 1.48. The lowest BCUT2D eigenvalue weighted by atomic mass is 9.98. The smallest absolute Gasteiger partial charge is 0.276 e. The van der Waals surface area contributed by atoms with Crippen molar-refractivity contribution in [3.8, 4) is 5.75 Å². The summed E-state index contributed by atoms with van der Waals surface area (Å²) >= 11 is 1.60. The van der Waals surface area contributed by atoms with E-state index >= 15 is 0 Å². The zero-order valence-corrected chi connectivity index (χ0v) is 15.3. The van der Waals surface area contributed by atoms with Crippen LogP contribution in [0, 0.1) is 0 Å². The number of nitrogens with zero attached hydrogens (tertiary/aromatic N) is 2. The molecule has 1 atom stereocenters. The van der Waals surface area contributed by atoms with E-state index in [1.807, 2.05) is 18.2 Å². The summed E-state index contributed by atoms with van der Waals surface area (Å²) in [6.45, 7) is 2.18. The molecule has 0 aliphatic carbocycles. The van der Waals surface area contributed by atoms with Gasteiger partial charge in [-0.15, -0.1) is 10.2 Å². The molecular weight excluding hydrogens is 332 g/mol. The summed E-state index contributed by atoms with van der Waals surface area (Å²) in [5.74, 6) is 2.84. The Hall–Kier alpha value is -2.27. The maximum atomic E-state index is 5.77. The number of aryl methyl sites for hydroxylation is 1. The number of hydrogen-bond donors (Lipinski definition) is 0. The van der Waals surface area contributed by atoms with Crippen LogP contribution in [0.4, 0.5) is 0 Å². The Morgan fingerprint density at radius 3 is 2.52 bits per heavy atom. The summed E-state index contributed by atoms with van der Waals surface area (Å²) in [6, 6.07) is 18.5. The molecule has 0 bridgehead atoms. The fraction of sp³-hybridized carbons (Fsp3) is 0.300. The van der Waals surface area contributed by atoms with E-state index in [1.54, 1.807) is 18.9 Å². The van der Waals surface area contributed by atoms with E-state index in [-0.39, 0.29) is 0 Å². The van der Waals surface area contributed by atoms with Crippen LogP contribution in [0.1, 0.15) is 29.9 Å². The van der Waals surface area contributed by atoms with Gasteiger partial charge in [0.1, 0.15) is 5.75 Å². The van der Waals surface area contributed by atoms with Crippen LogP contribution < -0.4 is 4.74 Å². The molecule has 0 saturated carbocycles. The van der Waals surface area contributed by atoms with Gasteiger partial charge in [-0.05, 0) is 35.6 Å². The number of ether oxygens (including phenoxy) is 1. The van der Waals surface area contributed by atoms with E-state index in [4.69, 9.17) is 9.15 Å². The molecule has 5 heteroatoms. The molecule has 0 spiro atoms. The van der Waals surface area contributed by atoms with Crippen LogP contribution in [0.3, 0.4) is 0 Å². The first kappa shape index (κ1) is 17.5. The Morgan fingerprint density at radius 1 is 1.04 bits per heavy atom. The number of hydrogen-bond acceptors (Lipinski definition) is 5. The predicted molar refractivity (Wildman–Crippen MR) is 100 cm³/mol. The first-order valence-corrected chi connectivity index (χ1v) is 9.36. The van der Waals surface area contributed by atoms with Crippen LogP contribution in [0.25, 0.3) is 0 Å².